The van der Waals surface area contributed by atoms with Crippen LogP contribution in [0, 0.1) is 5.92 Å². The average molecular weight is 281 g/mol. The molecule has 0 spiro atoms. The molecule has 4 N–H and O–H groups in total. The van der Waals surface area contributed by atoms with Crippen molar-refractivity contribution in [3.8, 4) is 0 Å². The molecule has 110 valence electrons. The fourth-order valence-electron chi connectivity index (χ4n) is 2.46. The van der Waals surface area contributed by atoms with Gasteiger partial charge in [0.15, 0.2) is 0 Å². The lowest BCUT2D eigenvalue weighted by Crippen LogP contribution is -2.34. The molecule has 0 bridgehead atoms. The minimum Gasteiger partial charge on any atom is -0.393 e. The number of H-pyrrole nitrogens is 2. The highest BCUT2D eigenvalue weighted by Gasteiger charge is 2.19. The van der Waals surface area contributed by atoms with E-state index in [0.29, 0.717) is 18.2 Å². The van der Waals surface area contributed by atoms with Gasteiger partial charge < -0.3 is 15.4 Å². The summed E-state index contributed by atoms with van der Waals surface area (Å²) in [5.74, 6) is 0.165. The molecule has 0 aliphatic heterocycles. The second kappa shape index (κ2) is 6.51. The maximum absolute atomic E-state index is 11.7. The third kappa shape index (κ3) is 4.34. The summed E-state index contributed by atoms with van der Waals surface area (Å²) in [5.41, 5.74) is -0.824. The number of hydrogen-bond acceptors (Lipinski definition) is 4. The number of carbonyl (C=O) groups excluding carboxylic acids is 1. The van der Waals surface area contributed by atoms with Crippen molar-refractivity contribution in [3.63, 3.8) is 0 Å². The molecule has 1 amide bonds. The molecule has 1 fully saturated rings. The van der Waals surface area contributed by atoms with E-state index < -0.39 is 11.2 Å². The molecular formula is C13H19N3O4. The third-order valence-electron chi connectivity index (χ3n) is 3.57. The van der Waals surface area contributed by atoms with Gasteiger partial charge >= 0.3 is 5.69 Å². The van der Waals surface area contributed by atoms with Crippen molar-refractivity contribution in [1.29, 1.82) is 0 Å². The molecule has 1 aromatic heterocycles. The van der Waals surface area contributed by atoms with Crippen molar-refractivity contribution >= 4 is 5.91 Å². The van der Waals surface area contributed by atoms with Crippen molar-refractivity contribution in [1.82, 2.24) is 15.3 Å². The van der Waals surface area contributed by atoms with Crippen LogP contribution in [-0.2, 0) is 11.2 Å². The first kappa shape index (κ1) is 14.5. The molecule has 1 heterocycles. The Labute approximate surface area is 115 Å². The average Bonchev–Trinajstić information content (AvgIpc) is 2.37. The largest absolute Gasteiger partial charge is 0.393 e. The Hall–Kier alpha value is -1.89. The van der Waals surface area contributed by atoms with Gasteiger partial charge in [-0.2, -0.15) is 0 Å². The predicted octanol–water partition coefficient (Wildman–Crippen LogP) is -0.727. The van der Waals surface area contributed by atoms with Gasteiger partial charge in [-0.3, -0.25) is 14.6 Å². The molecule has 1 aliphatic rings. The summed E-state index contributed by atoms with van der Waals surface area (Å²) < 4.78 is 0. The van der Waals surface area contributed by atoms with Crippen molar-refractivity contribution < 1.29 is 9.90 Å². The van der Waals surface area contributed by atoms with E-state index in [9.17, 15) is 19.5 Å². The Morgan fingerprint density at radius 2 is 1.95 bits per heavy atom. The lowest BCUT2D eigenvalue weighted by molar-refractivity contribution is -0.120. The van der Waals surface area contributed by atoms with E-state index in [4.69, 9.17) is 0 Å². The van der Waals surface area contributed by atoms with Crippen LogP contribution in [0.2, 0.25) is 0 Å². The zero-order chi connectivity index (χ0) is 14.5. The zero-order valence-corrected chi connectivity index (χ0v) is 11.1. The van der Waals surface area contributed by atoms with Crippen LogP contribution >= 0.6 is 0 Å². The number of aliphatic hydroxyl groups excluding tert-OH is 1. The zero-order valence-electron chi connectivity index (χ0n) is 11.1. The first-order valence-corrected chi connectivity index (χ1v) is 6.80. The molecular weight excluding hydrogens is 262 g/mol. The van der Waals surface area contributed by atoms with Crippen molar-refractivity contribution in [2.75, 3.05) is 6.54 Å². The molecule has 0 atom stereocenters. The van der Waals surface area contributed by atoms with Gasteiger partial charge in [0.25, 0.3) is 5.56 Å². The number of nitrogens with one attached hydrogen (secondary N) is 3. The van der Waals surface area contributed by atoms with E-state index in [-0.39, 0.29) is 18.4 Å². The van der Waals surface area contributed by atoms with Gasteiger partial charge in [0, 0.05) is 18.3 Å². The molecule has 0 unspecified atom stereocenters. The van der Waals surface area contributed by atoms with Crippen LogP contribution < -0.4 is 16.6 Å². The van der Waals surface area contributed by atoms with Crippen molar-refractivity contribution in [2.45, 2.75) is 38.2 Å². The van der Waals surface area contributed by atoms with Crippen LogP contribution in [0.3, 0.4) is 0 Å². The number of aromatic nitrogens is 2. The molecule has 0 saturated heterocycles. The van der Waals surface area contributed by atoms with E-state index in [1.165, 1.54) is 6.07 Å². The highest BCUT2D eigenvalue weighted by atomic mass is 16.3. The Morgan fingerprint density at radius 3 is 2.60 bits per heavy atom. The van der Waals surface area contributed by atoms with E-state index >= 15 is 0 Å². The second-order valence-corrected chi connectivity index (χ2v) is 5.27. The minimum absolute atomic E-state index is 0.0193. The molecule has 2 rings (SSSR count). The van der Waals surface area contributed by atoms with Crippen LogP contribution in [0.1, 0.15) is 31.4 Å². The highest BCUT2D eigenvalue weighted by Crippen LogP contribution is 2.23. The summed E-state index contributed by atoms with van der Waals surface area (Å²) in [6.07, 6.45) is 3.15. The topological polar surface area (TPSA) is 115 Å². The maximum Gasteiger partial charge on any atom is 0.325 e. The third-order valence-corrected chi connectivity index (χ3v) is 3.57. The van der Waals surface area contributed by atoms with Gasteiger partial charge in [-0.25, -0.2) is 4.79 Å². The molecule has 20 heavy (non-hydrogen) atoms. The van der Waals surface area contributed by atoms with Crippen LogP contribution in [0.5, 0.6) is 0 Å². The second-order valence-electron chi connectivity index (χ2n) is 5.27. The van der Waals surface area contributed by atoms with E-state index in [1.54, 1.807) is 0 Å². The fraction of sp³-hybridized carbons (Fsp3) is 0.615. The lowest BCUT2D eigenvalue weighted by Gasteiger charge is -2.25. The molecule has 1 aliphatic carbocycles. The van der Waals surface area contributed by atoms with E-state index in [2.05, 4.69) is 10.3 Å². The summed E-state index contributed by atoms with van der Waals surface area (Å²) in [6.45, 7) is 0.568. The molecule has 7 heteroatoms. The summed E-state index contributed by atoms with van der Waals surface area (Å²) in [4.78, 5) is 38.4. The summed E-state index contributed by atoms with van der Waals surface area (Å²) >= 11 is 0. The maximum atomic E-state index is 11.7. The number of aromatic amines is 2. The normalized spacial score (nSPS) is 22.4. The Morgan fingerprint density at radius 1 is 1.25 bits per heavy atom. The Bertz CT molecular complexity index is 541. The standard InChI is InChI=1S/C13H19N3O4/c17-10-3-1-8(2-4-10)7-14-11(18)5-9-6-12(19)16-13(20)15-9/h6,8,10,17H,1-5,7H2,(H,14,18)(H2,15,16,19,20). The van der Waals surface area contributed by atoms with Gasteiger partial charge in [0.05, 0.1) is 12.5 Å². The van der Waals surface area contributed by atoms with Gasteiger partial charge in [-0.15, -0.1) is 0 Å². The number of carbonyl (C=O) groups is 1. The molecule has 7 nitrogen and oxygen atoms in total. The first-order valence-electron chi connectivity index (χ1n) is 6.80. The van der Waals surface area contributed by atoms with Gasteiger partial charge in [-0.1, -0.05) is 0 Å². The molecule has 0 aromatic carbocycles. The number of hydrogen-bond donors (Lipinski definition) is 4. The quantitative estimate of drug-likeness (QED) is 0.582. The fourth-order valence-corrected chi connectivity index (χ4v) is 2.46. The summed E-state index contributed by atoms with van der Waals surface area (Å²) in [7, 11) is 0. The SMILES string of the molecule is O=C(Cc1cc(=O)[nH]c(=O)[nH]1)NCC1CCC(O)CC1. The number of rotatable bonds is 4. The monoisotopic (exact) mass is 281 g/mol. The Kier molecular flexibility index (Phi) is 4.73. The molecule has 1 aromatic rings. The van der Waals surface area contributed by atoms with Crippen molar-refractivity contribution in [2.24, 2.45) is 5.92 Å². The Balaban J connectivity index is 1.80. The number of amides is 1. The van der Waals surface area contributed by atoms with E-state index in [0.717, 1.165) is 25.7 Å². The summed E-state index contributed by atoms with van der Waals surface area (Å²) in [5, 5.41) is 12.2. The van der Waals surface area contributed by atoms with Gasteiger partial charge in [0.2, 0.25) is 5.91 Å². The number of aliphatic hydroxyl groups is 1. The van der Waals surface area contributed by atoms with Crippen LogP contribution in [-0.4, -0.2) is 33.6 Å². The van der Waals surface area contributed by atoms with Gasteiger partial charge in [0.1, 0.15) is 0 Å². The summed E-state index contributed by atoms with van der Waals surface area (Å²) in [6, 6.07) is 1.21. The van der Waals surface area contributed by atoms with E-state index in [1.807, 2.05) is 4.98 Å². The molecule has 0 radical (unpaired) electrons. The lowest BCUT2D eigenvalue weighted by atomic mass is 9.87. The van der Waals surface area contributed by atoms with Gasteiger partial charge in [-0.05, 0) is 31.6 Å². The molecule has 1 saturated carbocycles. The van der Waals surface area contributed by atoms with Crippen LogP contribution in [0.25, 0.3) is 0 Å². The minimum atomic E-state index is -0.610. The highest BCUT2D eigenvalue weighted by molar-refractivity contribution is 5.78. The first-order chi connectivity index (χ1) is 9.52. The van der Waals surface area contributed by atoms with Crippen LogP contribution in [0.15, 0.2) is 15.7 Å². The van der Waals surface area contributed by atoms with Crippen LogP contribution in [0.4, 0.5) is 0 Å². The predicted molar refractivity (Wildman–Crippen MR) is 72.4 cm³/mol. The smallest absolute Gasteiger partial charge is 0.325 e. The van der Waals surface area contributed by atoms with Crippen molar-refractivity contribution in [3.05, 3.63) is 32.6 Å².